The lowest BCUT2D eigenvalue weighted by atomic mass is 9.95. The lowest BCUT2D eigenvalue weighted by Crippen LogP contribution is -2.52. The summed E-state index contributed by atoms with van der Waals surface area (Å²) >= 11 is 0. The van der Waals surface area contributed by atoms with Crippen molar-refractivity contribution in [3.05, 3.63) is 72.2 Å². The van der Waals surface area contributed by atoms with Gasteiger partial charge in [-0.15, -0.1) is 0 Å². The minimum atomic E-state index is -1.11. The van der Waals surface area contributed by atoms with Gasteiger partial charge in [0.1, 0.15) is 18.1 Å². The molecule has 5 rings (SSSR count). The molecule has 2 heterocycles. The minimum Gasteiger partial charge on any atom is -0.485 e. The molecular formula is C30H33N3O6. The van der Waals surface area contributed by atoms with E-state index in [4.69, 9.17) is 13.9 Å². The Morgan fingerprint density at radius 3 is 2.44 bits per heavy atom. The molecule has 1 aliphatic carbocycles. The number of rotatable bonds is 7. The average Bonchev–Trinajstić information content (AvgIpc) is 3.36. The van der Waals surface area contributed by atoms with Crippen molar-refractivity contribution in [1.82, 2.24) is 5.32 Å². The number of para-hydroxylation sites is 2. The van der Waals surface area contributed by atoms with E-state index in [1.54, 1.807) is 61.5 Å². The topological polar surface area (TPSA) is 110 Å². The second kappa shape index (κ2) is 11.6. The number of hydrogen-bond acceptors (Lipinski definition) is 6. The van der Waals surface area contributed by atoms with Crippen LogP contribution >= 0.6 is 0 Å². The van der Waals surface area contributed by atoms with Crippen LogP contribution in [-0.2, 0) is 14.4 Å². The number of benzene rings is 2. The van der Waals surface area contributed by atoms with Gasteiger partial charge in [-0.3, -0.25) is 19.3 Å². The van der Waals surface area contributed by atoms with E-state index in [1.165, 1.54) is 11.8 Å². The van der Waals surface area contributed by atoms with Crippen molar-refractivity contribution < 1.29 is 28.3 Å². The average molecular weight is 532 g/mol. The van der Waals surface area contributed by atoms with Gasteiger partial charge in [-0.05, 0) is 62.2 Å². The van der Waals surface area contributed by atoms with Crippen LogP contribution in [0.5, 0.6) is 11.5 Å². The Balaban J connectivity index is 1.55. The van der Waals surface area contributed by atoms with Crippen LogP contribution in [0.2, 0.25) is 0 Å². The molecule has 0 bridgehead atoms. The van der Waals surface area contributed by atoms with E-state index >= 15 is 0 Å². The number of nitrogens with zero attached hydrogens (tertiary/aromatic N) is 1. The van der Waals surface area contributed by atoms with Crippen molar-refractivity contribution in [3.63, 3.8) is 0 Å². The van der Waals surface area contributed by atoms with Gasteiger partial charge in [-0.25, -0.2) is 0 Å². The highest BCUT2D eigenvalue weighted by Gasteiger charge is 2.41. The number of ether oxygens (including phenoxy) is 2. The molecule has 2 atom stereocenters. The zero-order valence-corrected chi connectivity index (χ0v) is 22.1. The molecule has 0 spiro atoms. The Morgan fingerprint density at radius 2 is 1.72 bits per heavy atom. The number of anilines is 2. The fourth-order valence-corrected chi connectivity index (χ4v) is 5.14. The summed E-state index contributed by atoms with van der Waals surface area (Å²) < 4.78 is 17.9. The van der Waals surface area contributed by atoms with Crippen LogP contribution < -0.4 is 25.0 Å². The van der Waals surface area contributed by atoms with E-state index in [1.807, 2.05) is 6.07 Å². The molecule has 9 heteroatoms. The van der Waals surface area contributed by atoms with E-state index in [0.29, 0.717) is 34.4 Å². The maximum atomic E-state index is 14.3. The highest BCUT2D eigenvalue weighted by Crippen LogP contribution is 2.35. The summed E-state index contributed by atoms with van der Waals surface area (Å²) in [6.45, 7) is 3.18. The van der Waals surface area contributed by atoms with E-state index in [9.17, 15) is 14.4 Å². The largest absolute Gasteiger partial charge is 0.485 e. The molecule has 9 nitrogen and oxygen atoms in total. The molecule has 0 unspecified atom stereocenters. The summed E-state index contributed by atoms with van der Waals surface area (Å²) in [7, 11) is 0. The number of furan rings is 1. The smallest absolute Gasteiger partial charge is 0.272 e. The number of carbonyl (C=O) groups is 3. The predicted molar refractivity (Wildman–Crippen MR) is 146 cm³/mol. The van der Waals surface area contributed by atoms with Gasteiger partial charge in [0.25, 0.3) is 11.8 Å². The molecule has 2 aliphatic rings. The van der Waals surface area contributed by atoms with Crippen molar-refractivity contribution >= 4 is 29.1 Å². The molecule has 0 radical (unpaired) electrons. The summed E-state index contributed by atoms with van der Waals surface area (Å²) in [4.78, 5) is 41.4. The third-order valence-corrected chi connectivity index (χ3v) is 6.95. The Kier molecular flexibility index (Phi) is 7.86. The van der Waals surface area contributed by atoms with Crippen LogP contribution in [0.1, 0.15) is 56.6 Å². The first-order chi connectivity index (χ1) is 18.9. The minimum absolute atomic E-state index is 0.0219. The van der Waals surface area contributed by atoms with Gasteiger partial charge >= 0.3 is 0 Å². The molecule has 2 aromatic carbocycles. The SMILES string of the molecule is CC(=O)Nc1cccc(N(C(=O)[C@@H]2COc3ccccc3O2)[C@@H](C(=O)NC2CCCCC2)c2ccc(C)o2)c1. The van der Waals surface area contributed by atoms with Gasteiger partial charge in [0.05, 0.1) is 0 Å². The van der Waals surface area contributed by atoms with Crippen molar-refractivity contribution in [2.75, 3.05) is 16.8 Å². The first-order valence-electron chi connectivity index (χ1n) is 13.3. The zero-order valence-electron chi connectivity index (χ0n) is 22.1. The van der Waals surface area contributed by atoms with Crippen molar-refractivity contribution in [2.24, 2.45) is 0 Å². The molecule has 1 aromatic heterocycles. The lowest BCUT2D eigenvalue weighted by molar-refractivity contribution is -0.132. The van der Waals surface area contributed by atoms with Gasteiger partial charge < -0.3 is 24.5 Å². The molecule has 1 aliphatic heterocycles. The third kappa shape index (κ3) is 6.08. The molecule has 1 saturated carbocycles. The van der Waals surface area contributed by atoms with Crippen molar-refractivity contribution in [1.29, 1.82) is 0 Å². The number of aryl methyl sites for hydroxylation is 1. The summed E-state index contributed by atoms with van der Waals surface area (Å²) in [5, 5.41) is 5.92. The summed E-state index contributed by atoms with van der Waals surface area (Å²) in [5.41, 5.74) is 0.901. The lowest BCUT2D eigenvalue weighted by Gasteiger charge is -2.35. The molecule has 3 aromatic rings. The molecule has 3 amide bonds. The van der Waals surface area contributed by atoms with Crippen LogP contribution in [0.3, 0.4) is 0 Å². The molecule has 2 N–H and O–H groups in total. The highest BCUT2D eigenvalue weighted by molar-refractivity contribution is 6.04. The normalized spacial score (nSPS) is 17.6. The van der Waals surface area contributed by atoms with Crippen LogP contribution in [0.25, 0.3) is 0 Å². The maximum absolute atomic E-state index is 14.3. The van der Waals surface area contributed by atoms with E-state index in [0.717, 1.165) is 32.1 Å². The third-order valence-electron chi connectivity index (χ3n) is 6.95. The second-order valence-electron chi connectivity index (χ2n) is 10.00. The van der Waals surface area contributed by atoms with E-state index < -0.39 is 18.1 Å². The second-order valence-corrected chi connectivity index (χ2v) is 10.00. The predicted octanol–water partition coefficient (Wildman–Crippen LogP) is 4.91. The van der Waals surface area contributed by atoms with Gasteiger partial charge in [0.2, 0.25) is 12.0 Å². The van der Waals surface area contributed by atoms with Gasteiger partial charge in [0.15, 0.2) is 17.5 Å². The Labute approximate surface area is 227 Å². The first-order valence-corrected chi connectivity index (χ1v) is 13.3. The van der Waals surface area contributed by atoms with Crippen LogP contribution in [-0.4, -0.2) is 36.5 Å². The maximum Gasteiger partial charge on any atom is 0.272 e. The Bertz CT molecular complexity index is 1350. The number of carbonyl (C=O) groups excluding carboxylic acids is 3. The van der Waals surface area contributed by atoms with Crippen molar-refractivity contribution in [2.45, 2.75) is 64.1 Å². The number of hydrogen-bond donors (Lipinski definition) is 2. The van der Waals surface area contributed by atoms with E-state index in [-0.39, 0.29) is 24.5 Å². The van der Waals surface area contributed by atoms with Gasteiger partial charge in [0, 0.05) is 24.3 Å². The monoisotopic (exact) mass is 531 g/mol. The molecule has 204 valence electrons. The summed E-state index contributed by atoms with van der Waals surface area (Å²) in [6.07, 6.45) is 4.00. The Hall–Kier alpha value is -4.27. The van der Waals surface area contributed by atoms with Gasteiger partial charge in [-0.2, -0.15) is 0 Å². The number of amides is 3. The number of fused-ring (bicyclic) bond motifs is 1. The van der Waals surface area contributed by atoms with Crippen LogP contribution in [0.15, 0.2) is 65.1 Å². The zero-order chi connectivity index (χ0) is 27.4. The fourth-order valence-electron chi connectivity index (χ4n) is 5.14. The van der Waals surface area contributed by atoms with Crippen molar-refractivity contribution in [3.8, 4) is 11.5 Å². The fraction of sp³-hybridized carbons (Fsp3) is 0.367. The number of nitrogens with one attached hydrogen (secondary N) is 2. The summed E-state index contributed by atoms with van der Waals surface area (Å²) in [6, 6.07) is 16.4. The highest BCUT2D eigenvalue weighted by atomic mass is 16.6. The van der Waals surface area contributed by atoms with Crippen LogP contribution in [0, 0.1) is 6.92 Å². The molecule has 0 saturated heterocycles. The quantitative estimate of drug-likeness (QED) is 0.448. The standard InChI is InChI=1S/C30H33N3O6/c1-19-15-16-26(38-19)28(29(35)32-21-9-4-3-5-10-21)33(23-12-8-11-22(17-23)31-20(2)34)30(36)27-18-37-24-13-6-7-14-25(24)39-27/h6-8,11-17,21,27-28H,3-5,9-10,18H2,1-2H3,(H,31,34)(H,32,35)/t27-,28+/m0/s1. The first kappa shape index (κ1) is 26.3. The molecule has 39 heavy (non-hydrogen) atoms. The summed E-state index contributed by atoms with van der Waals surface area (Å²) in [5.74, 6) is 0.884. The van der Waals surface area contributed by atoms with Crippen LogP contribution in [0.4, 0.5) is 11.4 Å². The Morgan fingerprint density at radius 1 is 0.949 bits per heavy atom. The molecular weight excluding hydrogens is 498 g/mol. The molecule has 1 fully saturated rings. The van der Waals surface area contributed by atoms with E-state index in [2.05, 4.69) is 10.6 Å². The van der Waals surface area contributed by atoms with Gasteiger partial charge in [-0.1, -0.05) is 37.5 Å².